The normalized spacial score (nSPS) is 20.9. The molecule has 4 aliphatic heterocycles. The van der Waals surface area contributed by atoms with Crippen LogP contribution in [0.2, 0.25) is 0 Å². The summed E-state index contributed by atoms with van der Waals surface area (Å²) < 4.78 is 72.8. The highest BCUT2D eigenvalue weighted by Gasteiger charge is 2.42. The zero-order valence-electron chi connectivity index (χ0n) is 39.2. The highest BCUT2D eigenvalue weighted by molar-refractivity contribution is 8.13. The highest BCUT2D eigenvalue weighted by atomic mass is 35.7. The fourth-order valence-corrected chi connectivity index (χ4v) is 10.5. The molecule has 6 atom stereocenters. The van der Waals surface area contributed by atoms with Crippen LogP contribution in [0.1, 0.15) is 28.2 Å². The number of aliphatic hydroxyl groups excluding tert-OH is 2. The monoisotopic (exact) mass is 1030 g/mol. The number of nitrogens with zero attached hydrogens (tertiary/aromatic N) is 3. The van der Waals surface area contributed by atoms with E-state index in [-0.39, 0.29) is 42.5 Å². The Kier molecular flexibility index (Phi) is 19.4. The molecule has 71 heavy (non-hydrogen) atoms. The van der Waals surface area contributed by atoms with Crippen molar-refractivity contribution in [3.05, 3.63) is 158 Å². The summed E-state index contributed by atoms with van der Waals surface area (Å²) in [6.45, 7) is 11.3. The van der Waals surface area contributed by atoms with E-state index < -0.39 is 43.4 Å². The van der Waals surface area contributed by atoms with Crippen LogP contribution in [0.15, 0.2) is 168 Å². The van der Waals surface area contributed by atoms with E-state index in [1.807, 2.05) is 102 Å². The molecule has 6 aromatic rings. The van der Waals surface area contributed by atoms with E-state index in [2.05, 4.69) is 35.3 Å². The molecule has 18 heteroatoms. The summed E-state index contributed by atoms with van der Waals surface area (Å²) in [6, 6.07) is 44.8. The number of rotatable bonds is 9. The van der Waals surface area contributed by atoms with Gasteiger partial charge in [-0.05, 0) is 92.4 Å². The first-order chi connectivity index (χ1) is 33.7. The molecule has 380 valence electrons. The molecule has 10 rings (SSSR count). The summed E-state index contributed by atoms with van der Waals surface area (Å²) in [4.78, 5) is 6.71. The molecule has 0 saturated carbocycles. The Hall–Kier alpha value is -5.57. The second-order valence-corrected chi connectivity index (χ2v) is 20.9. The lowest BCUT2D eigenvalue weighted by molar-refractivity contribution is -0.0244. The molecule has 6 aromatic carbocycles. The van der Waals surface area contributed by atoms with Crippen LogP contribution < -0.4 is 29.7 Å². The van der Waals surface area contributed by atoms with Gasteiger partial charge in [-0.1, -0.05) is 113 Å². The third-order valence-corrected chi connectivity index (χ3v) is 15.0. The van der Waals surface area contributed by atoms with Crippen molar-refractivity contribution in [1.82, 2.24) is 9.62 Å². The number of nitrogens with one attached hydrogen (secondary N) is 1. The maximum Gasteiger partial charge on any atom is 0.261 e. The van der Waals surface area contributed by atoms with Crippen LogP contribution in [0.4, 0.5) is 22.7 Å². The SMILES string of the molecule is C.CCN(CC)CC.N[C@@H]1COC[C@H](N2c3ccccc3Oc3ccccc32)[C@H]1O.O=S(=O)(Cl)c1ccccc1.O=S(=O)(N[C@@H]1COC[C@H](N2c3ccccc3Oc3ccccc32)[C@H]1O)c1ccccc1. The lowest BCUT2D eigenvalue weighted by Crippen LogP contribution is -2.60. The molecule has 0 spiro atoms. The molecule has 15 nitrogen and oxygen atoms in total. The van der Waals surface area contributed by atoms with Crippen molar-refractivity contribution in [3.63, 3.8) is 0 Å². The Morgan fingerprint density at radius 2 is 0.901 bits per heavy atom. The van der Waals surface area contributed by atoms with Gasteiger partial charge in [-0.25, -0.2) is 21.6 Å². The van der Waals surface area contributed by atoms with Gasteiger partial charge in [0, 0.05) is 10.7 Å². The van der Waals surface area contributed by atoms with Gasteiger partial charge in [0.1, 0.15) is 0 Å². The first kappa shape index (κ1) is 54.8. The van der Waals surface area contributed by atoms with Gasteiger partial charge < -0.3 is 49.6 Å². The lowest BCUT2D eigenvalue weighted by atomic mass is 9.98. The zero-order chi connectivity index (χ0) is 49.8. The van der Waals surface area contributed by atoms with Gasteiger partial charge in [-0.3, -0.25) is 0 Å². The number of nitrogens with two attached hydrogens (primary N) is 1. The quantitative estimate of drug-likeness (QED) is 0.101. The topological polar surface area (TPSA) is 193 Å². The largest absolute Gasteiger partial charge is 0.453 e. The third-order valence-electron chi connectivity index (χ3n) is 12.2. The van der Waals surface area contributed by atoms with Gasteiger partial charge >= 0.3 is 0 Å². The number of aliphatic hydroxyl groups is 2. The second kappa shape index (κ2) is 25.2. The number of sulfonamides is 1. The summed E-state index contributed by atoms with van der Waals surface area (Å²) in [5, 5.41) is 21.8. The van der Waals surface area contributed by atoms with Crippen LogP contribution in [0.3, 0.4) is 0 Å². The van der Waals surface area contributed by atoms with Crippen molar-refractivity contribution < 1.29 is 46.0 Å². The van der Waals surface area contributed by atoms with Crippen LogP contribution in [-0.2, 0) is 28.5 Å². The van der Waals surface area contributed by atoms with Gasteiger partial charge in [0.2, 0.25) is 10.0 Å². The average Bonchev–Trinajstić information content (AvgIpc) is 3.38. The van der Waals surface area contributed by atoms with E-state index in [4.69, 9.17) is 35.4 Å². The van der Waals surface area contributed by atoms with Gasteiger partial charge in [0.25, 0.3) is 9.05 Å². The summed E-state index contributed by atoms with van der Waals surface area (Å²) in [5.41, 5.74) is 9.41. The Bertz CT molecular complexity index is 2750. The molecule has 0 aromatic heterocycles. The van der Waals surface area contributed by atoms with Crippen LogP contribution in [0.5, 0.6) is 23.0 Å². The number of fused-ring (bicyclic) bond motifs is 4. The third kappa shape index (κ3) is 13.3. The fraction of sp³-hybridized carbons (Fsp3) is 0.321. The number of benzene rings is 6. The Morgan fingerprint density at radius 1 is 0.549 bits per heavy atom. The van der Waals surface area contributed by atoms with Gasteiger partial charge in [0.05, 0.1) is 95.3 Å². The molecule has 0 amide bonds. The minimum Gasteiger partial charge on any atom is -0.453 e. The second-order valence-electron chi connectivity index (χ2n) is 16.6. The number of anilines is 4. The van der Waals surface area contributed by atoms with E-state index >= 15 is 0 Å². The summed E-state index contributed by atoms with van der Waals surface area (Å²) >= 11 is 0. The van der Waals surface area contributed by atoms with Crippen molar-refractivity contribution in [2.75, 3.05) is 55.9 Å². The molecule has 4 heterocycles. The molecule has 2 fully saturated rings. The number of hydrogen-bond donors (Lipinski definition) is 4. The molecular weight excluding hydrogens is 966 g/mol. The standard InChI is InChI=1S/C23H22N2O5S.C17H18N2O3.C6H5ClO2S.C6H15N.CH4/c26-23-17(24-31(27,28)16-8-2-1-3-9-16)14-29-15-20(23)25-18-10-4-6-12-21(18)30-22-13-7-5-11-19(22)25;18-11-9-21-10-14(17(11)20)19-12-5-1-3-7-15(12)22-16-8-4-2-6-13(16)19;7-10(8,9)6-4-2-1-3-5-6;1-4-7(5-2)6-3;/h1-13,17,20,23-24,26H,14-15H2;1-8,11,14,17,20H,9-10,18H2;1-5H;4-6H2,1-3H3;1H4/t17-,20+,23+;11-,14+,17+;;;/m11.../s1. The van der Waals surface area contributed by atoms with Gasteiger partial charge in [0.15, 0.2) is 23.0 Å². The van der Waals surface area contributed by atoms with E-state index in [9.17, 15) is 27.0 Å². The molecule has 0 aliphatic carbocycles. The zero-order valence-corrected chi connectivity index (χ0v) is 41.6. The van der Waals surface area contributed by atoms with Gasteiger partial charge in [-0.2, -0.15) is 0 Å². The maximum atomic E-state index is 12.8. The molecule has 2 saturated heterocycles. The van der Waals surface area contributed by atoms with Crippen LogP contribution in [0.25, 0.3) is 0 Å². The van der Waals surface area contributed by atoms with E-state index in [1.54, 1.807) is 36.4 Å². The Labute approximate surface area is 422 Å². The molecule has 0 radical (unpaired) electrons. The molecule has 4 aliphatic rings. The smallest absolute Gasteiger partial charge is 0.261 e. The summed E-state index contributed by atoms with van der Waals surface area (Å²) in [6.07, 6.45) is -1.67. The van der Waals surface area contributed by atoms with Crippen molar-refractivity contribution in [3.8, 4) is 23.0 Å². The van der Waals surface area contributed by atoms with E-state index in [0.717, 1.165) is 34.2 Å². The minimum atomic E-state index is -3.80. The first-order valence-corrected chi connectivity index (χ1v) is 26.9. The van der Waals surface area contributed by atoms with Crippen LogP contribution >= 0.6 is 10.7 Å². The Morgan fingerprint density at radius 3 is 1.27 bits per heavy atom. The predicted molar refractivity (Wildman–Crippen MR) is 280 cm³/mol. The van der Waals surface area contributed by atoms with Crippen molar-refractivity contribution in [2.45, 2.75) is 74.4 Å². The van der Waals surface area contributed by atoms with Crippen molar-refractivity contribution >= 4 is 52.5 Å². The van der Waals surface area contributed by atoms with Crippen molar-refractivity contribution in [1.29, 1.82) is 0 Å². The number of para-hydroxylation sites is 8. The van der Waals surface area contributed by atoms with Gasteiger partial charge in [-0.15, -0.1) is 0 Å². The summed E-state index contributed by atoms with van der Waals surface area (Å²) in [5.74, 6) is 2.88. The number of halogens is 1. The lowest BCUT2D eigenvalue weighted by Gasteiger charge is -2.44. The number of ether oxygens (including phenoxy) is 4. The summed E-state index contributed by atoms with van der Waals surface area (Å²) in [7, 11) is -2.30. The first-order valence-electron chi connectivity index (χ1n) is 23.1. The van der Waals surface area contributed by atoms with E-state index in [1.165, 1.54) is 43.9 Å². The van der Waals surface area contributed by atoms with Crippen LogP contribution in [0, 0.1) is 0 Å². The predicted octanol–water partition coefficient (Wildman–Crippen LogP) is 8.65. The molecule has 0 bridgehead atoms. The molecular formula is C53H64ClN5O10S2. The van der Waals surface area contributed by atoms with E-state index in [0.29, 0.717) is 24.7 Å². The Balaban J connectivity index is 0.000000178. The highest BCUT2D eigenvalue weighted by Crippen LogP contribution is 2.49. The van der Waals surface area contributed by atoms with Crippen LogP contribution in [-0.4, -0.2) is 114 Å². The fourth-order valence-electron chi connectivity index (χ4n) is 8.45. The molecule has 0 unspecified atom stereocenters. The molecule has 5 N–H and O–H groups in total. The van der Waals surface area contributed by atoms with Crippen molar-refractivity contribution in [2.24, 2.45) is 5.73 Å². The average molecular weight is 1030 g/mol. The number of hydrogen-bond acceptors (Lipinski definition) is 14. The minimum absolute atomic E-state index is 0. The maximum absolute atomic E-state index is 12.8.